The molecule has 2 N–H and O–H groups in total. The number of carbonyl (C=O) groups excluding carboxylic acids is 2. The Bertz CT molecular complexity index is 192. The van der Waals surface area contributed by atoms with Gasteiger partial charge in [0.25, 0.3) is 0 Å². The number of nitrogens with zero attached hydrogens (tertiary/aromatic N) is 1. The smallest absolute Gasteiger partial charge is 0.322 e. The second kappa shape index (κ2) is 5.53. The molecule has 5 nitrogen and oxygen atoms in total. The van der Waals surface area contributed by atoms with Gasteiger partial charge in [0, 0.05) is 20.5 Å². The molecule has 0 aromatic rings. The molecule has 0 aliphatic carbocycles. The number of ether oxygens (including phenoxy) is 1. The third-order valence-electron chi connectivity index (χ3n) is 1.67. The Morgan fingerprint density at radius 1 is 1.46 bits per heavy atom. The van der Waals surface area contributed by atoms with Gasteiger partial charge in [0.05, 0.1) is 7.11 Å². The molecule has 0 aliphatic heterocycles. The minimum absolute atomic E-state index is 0.0423. The molecular formula is C8H16N2O3. The molecule has 0 aromatic carbocycles. The van der Waals surface area contributed by atoms with E-state index in [9.17, 15) is 9.59 Å². The molecule has 1 amide bonds. The number of hydrogen-bond acceptors (Lipinski definition) is 4. The lowest BCUT2D eigenvalue weighted by Gasteiger charge is -2.12. The van der Waals surface area contributed by atoms with Crippen molar-refractivity contribution in [2.75, 3.05) is 21.2 Å². The standard InChI is InChI=1S/C8H16N2O3/c1-10(2)7(11)5-4-6(9)8(12)13-3/h6H,4-5,9H2,1-3H3. The first kappa shape index (κ1) is 11.9. The normalized spacial score (nSPS) is 12.0. The Labute approximate surface area is 77.8 Å². The van der Waals surface area contributed by atoms with E-state index in [1.54, 1.807) is 14.1 Å². The molecule has 0 spiro atoms. The summed E-state index contributed by atoms with van der Waals surface area (Å²) >= 11 is 0. The molecule has 13 heavy (non-hydrogen) atoms. The summed E-state index contributed by atoms with van der Waals surface area (Å²) in [4.78, 5) is 23.4. The number of hydrogen-bond donors (Lipinski definition) is 1. The first-order chi connectivity index (χ1) is 5.99. The van der Waals surface area contributed by atoms with Gasteiger partial charge in [-0.25, -0.2) is 0 Å². The van der Waals surface area contributed by atoms with Gasteiger partial charge < -0.3 is 15.4 Å². The maximum Gasteiger partial charge on any atom is 0.322 e. The summed E-state index contributed by atoms with van der Waals surface area (Å²) in [6, 6.07) is -0.700. The van der Waals surface area contributed by atoms with Crippen LogP contribution < -0.4 is 5.73 Å². The van der Waals surface area contributed by atoms with E-state index in [4.69, 9.17) is 5.73 Å². The highest BCUT2D eigenvalue weighted by atomic mass is 16.5. The molecule has 0 saturated heterocycles. The zero-order valence-corrected chi connectivity index (χ0v) is 8.24. The van der Waals surface area contributed by atoms with Crippen molar-refractivity contribution in [3.8, 4) is 0 Å². The molecule has 0 aromatic heterocycles. The molecule has 76 valence electrons. The molecule has 0 saturated carbocycles. The Morgan fingerprint density at radius 3 is 2.38 bits per heavy atom. The number of rotatable bonds is 4. The Kier molecular flexibility index (Phi) is 5.06. The van der Waals surface area contributed by atoms with Crippen LogP contribution >= 0.6 is 0 Å². The fraction of sp³-hybridized carbons (Fsp3) is 0.750. The lowest BCUT2D eigenvalue weighted by molar-refractivity contribution is -0.142. The van der Waals surface area contributed by atoms with Crippen molar-refractivity contribution in [2.45, 2.75) is 18.9 Å². The van der Waals surface area contributed by atoms with Crippen molar-refractivity contribution >= 4 is 11.9 Å². The monoisotopic (exact) mass is 188 g/mol. The molecule has 0 heterocycles. The first-order valence-corrected chi connectivity index (χ1v) is 4.02. The van der Waals surface area contributed by atoms with Crippen LogP contribution in [0.1, 0.15) is 12.8 Å². The highest BCUT2D eigenvalue weighted by Gasteiger charge is 2.15. The minimum atomic E-state index is -0.700. The van der Waals surface area contributed by atoms with Crippen LogP contribution in [0.4, 0.5) is 0 Å². The summed E-state index contributed by atoms with van der Waals surface area (Å²) in [5, 5.41) is 0. The molecule has 0 bridgehead atoms. The van der Waals surface area contributed by atoms with Crippen molar-refractivity contribution in [2.24, 2.45) is 5.73 Å². The Balaban J connectivity index is 3.76. The molecule has 1 atom stereocenters. The van der Waals surface area contributed by atoms with Crippen molar-refractivity contribution in [1.29, 1.82) is 0 Å². The number of nitrogens with two attached hydrogens (primary N) is 1. The fourth-order valence-corrected chi connectivity index (χ4v) is 0.772. The highest BCUT2D eigenvalue weighted by molar-refractivity contribution is 5.78. The molecule has 0 fully saturated rings. The zero-order valence-electron chi connectivity index (χ0n) is 8.24. The summed E-state index contributed by atoms with van der Waals surface area (Å²) in [6.45, 7) is 0. The maximum atomic E-state index is 11.1. The number of esters is 1. The van der Waals surface area contributed by atoms with Gasteiger partial charge in [-0.15, -0.1) is 0 Å². The van der Waals surface area contributed by atoms with Crippen LogP contribution in [-0.4, -0.2) is 44.0 Å². The van der Waals surface area contributed by atoms with Gasteiger partial charge in [-0.2, -0.15) is 0 Å². The molecule has 0 aliphatic rings. The first-order valence-electron chi connectivity index (χ1n) is 4.02. The van der Waals surface area contributed by atoms with Gasteiger partial charge in [0.15, 0.2) is 0 Å². The van der Waals surface area contributed by atoms with Crippen LogP contribution in [0.5, 0.6) is 0 Å². The quantitative estimate of drug-likeness (QED) is 0.595. The molecule has 0 radical (unpaired) electrons. The summed E-state index contributed by atoms with van der Waals surface area (Å²) in [7, 11) is 4.59. The number of amides is 1. The third kappa shape index (κ3) is 4.47. The third-order valence-corrected chi connectivity index (χ3v) is 1.67. The van der Waals surface area contributed by atoms with Gasteiger partial charge in [0.2, 0.25) is 5.91 Å². The zero-order chi connectivity index (χ0) is 10.4. The predicted molar refractivity (Wildman–Crippen MR) is 47.9 cm³/mol. The summed E-state index contributed by atoms with van der Waals surface area (Å²) in [6.07, 6.45) is 0.590. The van der Waals surface area contributed by atoms with E-state index in [-0.39, 0.29) is 12.3 Å². The Morgan fingerprint density at radius 2 is 2.00 bits per heavy atom. The molecular weight excluding hydrogens is 172 g/mol. The fourth-order valence-electron chi connectivity index (χ4n) is 0.772. The topological polar surface area (TPSA) is 72.6 Å². The molecule has 1 unspecified atom stereocenters. The van der Waals surface area contributed by atoms with Crippen LogP contribution in [0.15, 0.2) is 0 Å². The number of methoxy groups -OCH3 is 1. The van der Waals surface area contributed by atoms with Crippen LogP contribution in [0.25, 0.3) is 0 Å². The summed E-state index contributed by atoms with van der Waals surface area (Å²) in [5.74, 6) is -0.522. The maximum absolute atomic E-state index is 11.1. The van der Waals surface area contributed by atoms with Crippen LogP contribution in [0.2, 0.25) is 0 Å². The van der Waals surface area contributed by atoms with E-state index in [1.807, 2.05) is 0 Å². The molecule has 0 rings (SSSR count). The summed E-state index contributed by atoms with van der Waals surface area (Å²) in [5.41, 5.74) is 5.43. The van der Waals surface area contributed by atoms with Crippen LogP contribution in [-0.2, 0) is 14.3 Å². The SMILES string of the molecule is COC(=O)C(N)CCC(=O)N(C)C. The average molecular weight is 188 g/mol. The van der Waals surface area contributed by atoms with Gasteiger partial charge in [0.1, 0.15) is 6.04 Å². The predicted octanol–water partition coefficient (Wildman–Crippen LogP) is -0.645. The minimum Gasteiger partial charge on any atom is -0.468 e. The molecule has 5 heteroatoms. The van der Waals surface area contributed by atoms with Crippen molar-refractivity contribution < 1.29 is 14.3 Å². The summed E-state index contributed by atoms with van der Waals surface area (Å²) < 4.78 is 4.42. The van der Waals surface area contributed by atoms with Gasteiger partial charge in [-0.05, 0) is 6.42 Å². The van der Waals surface area contributed by atoms with E-state index >= 15 is 0 Å². The largest absolute Gasteiger partial charge is 0.468 e. The van der Waals surface area contributed by atoms with Crippen molar-refractivity contribution in [3.63, 3.8) is 0 Å². The van der Waals surface area contributed by atoms with Gasteiger partial charge in [-0.3, -0.25) is 9.59 Å². The van der Waals surface area contributed by atoms with E-state index in [1.165, 1.54) is 12.0 Å². The van der Waals surface area contributed by atoms with Crippen LogP contribution in [0.3, 0.4) is 0 Å². The van der Waals surface area contributed by atoms with E-state index in [0.29, 0.717) is 6.42 Å². The average Bonchev–Trinajstić information content (AvgIpc) is 2.11. The second-order valence-electron chi connectivity index (χ2n) is 2.96. The van der Waals surface area contributed by atoms with E-state index in [2.05, 4.69) is 4.74 Å². The van der Waals surface area contributed by atoms with E-state index in [0.717, 1.165) is 0 Å². The highest BCUT2D eigenvalue weighted by Crippen LogP contribution is 1.98. The lowest BCUT2D eigenvalue weighted by Crippen LogP contribution is -2.33. The second-order valence-corrected chi connectivity index (χ2v) is 2.96. The van der Waals surface area contributed by atoms with Crippen molar-refractivity contribution in [3.05, 3.63) is 0 Å². The number of carbonyl (C=O) groups is 2. The lowest BCUT2D eigenvalue weighted by atomic mass is 10.1. The van der Waals surface area contributed by atoms with Crippen LogP contribution in [0, 0.1) is 0 Å². The van der Waals surface area contributed by atoms with Crippen molar-refractivity contribution in [1.82, 2.24) is 4.90 Å². The van der Waals surface area contributed by atoms with Gasteiger partial charge in [-0.1, -0.05) is 0 Å². The Hall–Kier alpha value is -1.10. The van der Waals surface area contributed by atoms with E-state index < -0.39 is 12.0 Å². The van der Waals surface area contributed by atoms with Gasteiger partial charge >= 0.3 is 5.97 Å².